The van der Waals surface area contributed by atoms with Gasteiger partial charge in [0.1, 0.15) is 5.82 Å². The Morgan fingerprint density at radius 2 is 1.94 bits per heavy atom. The van der Waals surface area contributed by atoms with Crippen molar-refractivity contribution >= 4 is 17.6 Å². The second kappa shape index (κ2) is 9.25. The van der Waals surface area contributed by atoms with Crippen LogP contribution in [0.1, 0.15) is 39.9 Å². The smallest absolute Gasteiger partial charge is 0.358 e. The molecule has 9 heteroatoms. The molecule has 4 heterocycles. The van der Waals surface area contributed by atoms with Crippen LogP contribution in [0.4, 0.5) is 11.6 Å². The highest BCUT2D eigenvalue weighted by atomic mass is 16.5. The third kappa shape index (κ3) is 4.37. The second-order valence-electron chi connectivity index (χ2n) is 7.96. The molecule has 3 aromatic heterocycles. The molecule has 0 N–H and O–H groups in total. The lowest BCUT2D eigenvalue weighted by Gasteiger charge is -2.41. The summed E-state index contributed by atoms with van der Waals surface area (Å²) in [7, 11) is 1.33. The van der Waals surface area contributed by atoms with E-state index in [1.54, 1.807) is 12.4 Å². The van der Waals surface area contributed by atoms with Crippen molar-refractivity contribution in [1.82, 2.24) is 25.1 Å². The summed E-state index contributed by atoms with van der Waals surface area (Å²) in [5.41, 5.74) is 4.44. The Balaban J connectivity index is 1.47. The molecule has 0 aromatic carbocycles. The molecule has 0 unspecified atom stereocenters. The number of aromatic nitrogens is 5. The average Bonchev–Trinajstić information content (AvgIpc) is 2.82. The van der Waals surface area contributed by atoms with Crippen LogP contribution in [-0.4, -0.2) is 63.9 Å². The molecule has 166 valence electrons. The van der Waals surface area contributed by atoms with Crippen molar-refractivity contribution in [1.29, 1.82) is 0 Å². The van der Waals surface area contributed by atoms with E-state index in [0.29, 0.717) is 6.42 Å². The van der Waals surface area contributed by atoms with Crippen LogP contribution < -0.4 is 9.80 Å². The lowest BCUT2D eigenvalue weighted by atomic mass is 10.0. The van der Waals surface area contributed by atoms with Gasteiger partial charge in [-0.15, -0.1) is 5.10 Å². The summed E-state index contributed by atoms with van der Waals surface area (Å²) < 4.78 is 4.69. The number of pyridine rings is 1. The number of anilines is 2. The van der Waals surface area contributed by atoms with Crippen molar-refractivity contribution in [2.45, 2.75) is 33.2 Å². The van der Waals surface area contributed by atoms with E-state index in [1.165, 1.54) is 13.3 Å². The van der Waals surface area contributed by atoms with Gasteiger partial charge in [0.2, 0.25) is 0 Å². The van der Waals surface area contributed by atoms with Crippen molar-refractivity contribution in [2.24, 2.45) is 0 Å². The molecule has 3 aromatic rings. The van der Waals surface area contributed by atoms with Gasteiger partial charge in [-0.3, -0.25) is 4.98 Å². The molecule has 1 aliphatic heterocycles. The van der Waals surface area contributed by atoms with Crippen LogP contribution in [-0.2, 0) is 11.2 Å². The highest BCUT2D eigenvalue weighted by Crippen LogP contribution is 2.26. The molecule has 9 nitrogen and oxygen atoms in total. The predicted molar refractivity (Wildman–Crippen MR) is 121 cm³/mol. The van der Waals surface area contributed by atoms with Crippen LogP contribution >= 0.6 is 0 Å². The zero-order chi connectivity index (χ0) is 22.7. The van der Waals surface area contributed by atoms with Gasteiger partial charge in [0.15, 0.2) is 11.5 Å². The first-order valence-corrected chi connectivity index (χ1v) is 10.6. The van der Waals surface area contributed by atoms with Crippen LogP contribution in [0.25, 0.3) is 0 Å². The van der Waals surface area contributed by atoms with Gasteiger partial charge in [-0.25, -0.2) is 14.8 Å². The lowest BCUT2D eigenvalue weighted by molar-refractivity contribution is 0.0593. The average molecular weight is 434 g/mol. The van der Waals surface area contributed by atoms with Gasteiger partial charge in [0.05, 0.1) is 25.2 Å². The van der Waals surface area contributed by atoms with Crippen molar-refractivity contribution in [3.8, 4) is 0 Å². The Morgan fingerprint density at radius 1 is 1.09 bits per heavy atom. The summed E-state index contributed by atoms with van der Waals surface area (Å²) >= 11 is 0. The Bertz CT molecular complexity index is 1090. The Hall–Kier alpha value is -3.62. The zero-order valence-corrected chi connectivity index (χ0v) is 18.8. The first-order valence-electron chi connectivity index (χ1n) is 10.6. The minimum atomic E-state index is -0.488. The number of methoxy groups -OCH3 is 1. The van der Waals surface area contributed by atoms with Crippen LogP contribution in [0.5, 0.6) is 0 Å². The van der Waals surface area contributed by atoms with Gasteiger partial charge in [0.25, 0.3) is 0 Å². The predicted octanol–water partition coefficient (Wildman–Crippen LogP) is 2.37. The van der Waals surface area contributed by atoms with Gasteiger partial charge < -0.3 is 14.5 Å². The topological polar surface area (TPSA) is 97.2 Å². The van der Waals surface area contributed by atoms with Crippen LogP contribution in [0.15, 0.2) is 36.8 Å². The first-order chi connectivity index (χ1) is 15.5. The highest BCUT2D eigenvalue weighted by molar-refractivity contribution is 5.86. The monoisotopic (exact) mass is 433 g/mol. The van der Waals surface area contributed by atoms with Crippen molar-refractivity contribution in [3.63, 3.8) is 0 Å². The minimum Gasteiger partial charge on any atom is -0.464 e. The van der Waals surface area contributed by atoms with Crippen molar-refractivity contribution in [2.75, 3.05) is 36.5 Å². The Kier molecular flexibility index (Phi) is 6.25. The molecule has 4 rings (SSSR count). The van der Waals surface area contributed by atoms with E-state index in [-0.39, 0.29) is 11.7 Å². The second-order valence-corrected chi connectivity index (χ2v) is 7.96. The third-order valence-electron chi connectivity index (χ3n) is 5.92. The number of hydrogen-bond donors (Lipinski definition) is 0. The number of ether oxygens (including phenoxy) is 1. The standard InChI is InChI=1S/C23H27N7O2/c1-15-14-29(9-10-30(15)21-13-25-20(12-26-21)23(31)32-4)22-17(3)16(2)19(27-28-22)11-18-7-5-6-8-24-18/h5-8,12-13,15H,9-11,14H2,1-4H3/t15-/m1/s1. The lowest BCUT2D eigenvalue weighted by Crippen LogP contribution is -2.53. The van der Waals surface area contributed by atoms with Crippen LogP contribution in [0.3, 0.4) is 0 Å². The molecule has 0 aliphatic carbocycles. The van der Waals surface area contributed by atoms with Crippen molar-refractivity contribution < 1.29 is 9.53 Å². The van der Waals surface area contributed by atoms with E-state index in [0.717, 1.165) is 53.8 Å². The zero-order valence-electron chi connectivity index (χ0n) is 18.8. The van der Waals surface area contributed by atoms with Crippen LogP contribution in [0, 0.1) is 13.8 Å². The summed E-state index contributed by atoms with van der Waals surface area (Å²) in [5, 5.41) is 9.12. The summed E-state index contributed by atoms with van der Waals surface area (Å²) in [6, 6.07) is 6.10. The van der Waals surface area contributed by atoms with Gasteiger partial charge in [-0.1, -0.05) is 6.07 Å². The maximum atomic E-state index is 11.6. The number of rotatable bonds is 5. The van der Waals surface area contributed by atoms with Crippen molar-refractivity contribution in [3.05, 3.63) is 65.0 Å². The van der Waals surface area contributed by atoms with E-state index in [1.807, 2.05) is 18.2 Å². The number of piperazine rings is 1. The number of carbonyl (C=O) groups excluding carboxylic acids is 1. The van der Waals surface area contributed by atoms with E-state index >= 15 is 0 Å². The normalized spacial score (nSPS) is 16.2. The van der Waals surface area contributed by atoms with E-state index in [4.69, 9.17) is 4.74 Å². The van der Waals surface area contributed by atoms with Gasteiger partial charge in [-0.2, -0.15) is 5.10 Å². The number of hydrogen-bond acceptors (Lipinski definition) is 9. The Labute approximate surface area is 187 Å². The Morgan fingerprint density at radius 3 is 2.59 bits per heavy atom. The van der Waals surface area contributed by atoms with Gasteiger partial charge in [-0.05, 0) is 44.0 Å². The number of esters is 1. The highest BCUT2D eigenvalue weighted by Gasteiger charge is 2.27. The van der Waals surface area contributed by atoms with E-state index in [2.05, 4.69) is 55.7 Å². The molecule has 0 saturated carbocycles. The third-order valence-corrected chi connectivity index (χ3v) is 5.92. The summed E-state index contributed by atoms with van der Waals surface area (Å²) in [4.78, 5) is 29.1. The quantitative estimate of drug-likeness (QED) is 0.562. The summed E-state index contributed by atoms with van der Waals surface area (Å²) in [6.45, 7) is 8.70. The molecular weight excluding hydrogens is 406 g/mol. The number of carbonyl (C=O) groups is 1. The maximum Gasteiger partial charge on any atom is 0.358 e. The molecule has 1 fully saturated rings. The molecule has 1 saturated heterocycles. The maximum absolute atomic E-state index is 11.6. The molecule has 32 heavy (non-hydrogen) atoms. The SMILES string of the molecule is COC(=O)c1cnc(N2CCN(c3nnc(Cc4ccccn4)c(C)c3C)C[C@H]2C)cn1. The molecular formula is C23H27N7O2. The molecule has 1 aliphatic rings. The first kappa shape index (κ1) is 21.6. The van der Waals surface area contributed by atoms with Gasteiger partial charge in [0, 0.05) is 44.0 Å². The largest absolute Gasteiger partial charge is 0.464 e. The molecule has 1 atom stereocenters. The van der Waals surface area contributed by atoms with E-state index < -0.39 is 5.97 Å². The van der Waals surface area contributed by atoms with Crippen LogP contribution in [0.2, 0.25) is 0 Å². The molecule has 0 amide bonds. The van der Waals surface area contributed by atoms with E-state index in [9.17, 15) is 4.79 Å². The molecule has 0 radical (unpaired) electrons. The minimum absolute atomic E-state index is 0.191. The summed E-state index contributed by atoms with van der Waals surface area (Å²) in [6.07, 6.45) is 5.55. The molecule has 0 spiro atoms. The van der Waals surface area contributed by atoms with Gasteiger partial charge >= 0.3 is 5.97 Å². The summed E-state index contributed by atoms with van der Waals surface area (Å²) in [5.74, 6) is 1.18. The number of nitrogens with zero attached hydrogens (tertiary/aromatic N) is 7. The fourth-order valence-corrected chi connectivity index (χ4v) is 3.95. The fourth-order valence-electron chi connectivity index (χ4n) is 3.95. The fraction of sp³-hybridized carbons (Fsp3) is 0.391. The molecule has 0 bridgehead atoms.